The summed E-state index contributed by atoms with van der Waals surface area (Å²) in [5.41, 5.74) is 1.71. The Hall–Kier alpha value is -2.70. The highest BCUT2D eigenvalue weighted by Crippen LogP contribution is 2.18. The summed E-state index contributed by atoms with van der Waals surface area (Å²) >= 11 is 0. The molecule has 0 spiro atoms. The number of hydrogen-bond donors (Lipinski definition) is 0. The highest BCUT2D eigenvalue weighted by Gasteiger charge is 2.15. The van der Waals surface area contributed by atoms with Gasteiger partial charge in [0.15, 0.2) is 18.2 Å². The van der Waals surface area contributed by atoms with E-state index in [9.17, 15) is 4.39 Å². The summed E-state index contributed by atoms with van der Waals surface area (Å²) in [5, 5.41) is 7.69. The van der Waals surface area contributed by atoms with Gasteiger partial charge in [-0.3, -0.25) is 0 Å². The van der Waals surface area contributed by atoms with Crippen molar-refractivity contribution in [2.75, 3.05) is 0 Å². The number of para-hydroxylation sites is 1. The second-order valence-corrected chi connectivity index (χ2v) is 4.80. The van der Waals surface area contributed by atoms with Crippen LogP contribution >= 0.6 is 0 Å². The molecule has 1 aromatic carbocycles. The lowest BCUT2D eigenvalue weighted by molar-refractivity contribution is 0.272. The molecule has 114 valence electrons. The van der Waals surface area contributed by atoms with Gasteiger partial charge in [-0.2, -0.15) is 4.98 Å². The monoisotopic (exact) mass is 303 g/mol. The largest absolute Gasteiger partial charge is 0.482 e. The minimum atomic E-state index is -0.429. The Bertz CT molecular complexity index is 762. The average Bonchev–Trinajstić information content (AvgIpc) is 3.08. The molecular weight excluding hydrogens is 289 g/mol. The average molecular weight is 303 g/mol. The van der Waals surface area contributed by atoms with Crippen molar-refractivity contribution < 1.29 is 18.2 Å². The van der Waals surface area contributed by atoms with Crippen molar-refractivity contribution in [3.8, 4) is 5.75 Å². The maximum atomic E-state index is 13.4. The highest BCUT2D eigenvalue weighted by molar-refractivity contribution is 5.24. The summed E-state index contributed by atoms with van der Waals surface area (Å²) in [5.74, 6) is 1.23. The summed E-state index contributed by atoms with van der Waals surface area (Å²) in [6, 6.07) is 6.16. The lowest BCUT2D eigenvalue weighted by Gasteiger charge is -2.03. The standard InChI is InChI=1S/C15H14FN3O3/c1-9-11(10(2)21-18-9)7-15-17-14(19-22-15)8-20-13-6-4-3-5-12(13)16/h3-6H,7-8H2,1-2H3. The third-order valence-electron chi connectivity index (χ3n) is 3.21. The fourth-order valence-corrected chi connectivity index (χ4v) is 2.03. The van der Waals surface area contributed by atoms with Gasteiger partial charge in [-0.15, -0.1) is 0 Å². The van der Waals surface area contributed by atoms with Crippen molar-refractivity contribution in [3.05, 3.63) is 58.8 Å². The first-order chi connectivity index (χ1) is 10.6. The highest BCUT2D eigenvalue weighted by atomic mass is 19.1. The van der Waals surface area contributed by atoms with E-state index >= 15 is 0 Å². The van der Waals surface area contributed by atoms with E-state index in [1.165, 1.54) is 6.07 Å². The van der Waals surface area contributed by atoms with Gasteiger partial charge in [0.25, 0.3) is 0 Å². The predicted molar refractivity (Wildman–Crippen MR) is 73.8 cm³/mol. The fraction of sp³-hybridized carbons (Fsp3) is 0.267. The topological polar surface area (TPSA) is 74.2 Å². The summed E-state index contributed by atoms with van der Waals surface area (Å²) in [7, 11) is 0. The van der Waals surface area contributed by atoms with Gasteiger partial charge in [-0.1, -0.05) is 22.4 Å². The van der Waals surface area contributed by atoms with Crippen molar-refractivity contribution in [2.24, 2.45) is 0 Å². The second-order valence-electron chi connectivity index (χ2n) is 4.80. The van der Waals surface area contributed by atoms with Crippen LogP contribution in [0, 0.1) is 19.7 Å². The van der Waals surface area contributed by atoms with Crippen LogP contribution in [0.3, 0.4) is 0 Å². The zero-order chi connectivity index (χ0) is 15.5. The zero-order valence-corrected chi connectivity index (χ0v) is 12.2. The lowest BCUT2D eigenvalue weighted by Crippen LogP contribution is -1.99. The number of benzene rings is 1. The Morgan fingerprint density at radius 3 is 2.68 bits per heavy atom. The van der Waals surface area contributed by atoms with E-state index in [4.69, 9.17) is 13.8 Å². The molecule has 0 aliphatic carbocycles. The molecule has 0 aliphatic heterocycles. The molecule has 22 heavy (non-hydrogen) atoms. The van der Waals surface area contributed by atoms with E-state index in [1.54, 1.807) is 18.2 Å². The number of aryl methyl sites for hydroxylation is 2. The van der Waals surface area contributed by atoms with Crippen LogP contribution in [0.15, 0.2) is 33.3 Å². The minimum Gasteiger partial charge on any atom is -0.482 e. The van der Waals surface area contributed by atoms with E-state index < -0.39 is 5.82 Å². The molecule has 3 rings (SSSR count). The number of aromatic nitrogens is 3. The molecule has 0 atom stereocenters. The van der Waals surface area contributed by atoms with Gasteiger partial charge < -0.3 is 13.8 Å². The molecular formula is C15H14FN3O3. The van der Waals surface area contributed by atoms with Crippen molar-refractivity contribution in [3.63, 3.8) is 0 Å². The van der Waals surface area contributed by atoms with Gasteiger partial charge in [0, 0.05) is 5.56 Å². The molecule has 0 saturated carbocycles. The fourth-order valence-electron chi connectivity index (χ4n) is 2.03. The van der Waals surface area contributed by atoms with Gasteiger partial charge >= 0.3 is 0 Å². The summed E-state index contributed by atoms with van der Waals surface area (Å²) < 4.78 is 29.0. The molecule has 0 amide bonds. The van der Waals surface area contributed by atoms with Gasteiger partial charge in [0.1, 0.15) is 5.76 Å². The van der Waals surface area contributed by atoms with Gasteiger partial charge in [0.2, 0.25) is 11.7 Å². The predicted octanol–water partition coefficient (Wildman–Crippen LogP) is 2.98. The Kier molecular flexibility index (Phi) is 3.86. The summed E-state index contributed by atoms with van der Waals surface area (Å²) in [6.45, 7) is 3.71. The molecule has 6 nitrogen and oxygen atoms in total. The Morgan fingerprint density at radius 1 is 1.14 bits per heavy atom. The molecule has 0 aliphatic rings. The molecule has 0 bridgehead atoms. The molecule has 0 radical (unpaired) electrons. The molecule has 2 heterocycles. The summed E-state index contributed by atoms with van der Waals surface area (Å²) in [4.78, 5) is 4.22. The van der Waals surface area contributed by atoms with Gasteiger partial charge in [-0.25, -0.2) is 4.39 Å². The maximum Gasteiger partial charge on any atom is 0.231 e. The van der Waals surface area contributed by atoms with Crippen LogP contribution < -0.4 is 4.74 Å². The van der Waals surface area contributed by atoms with E-state index in [1.807, 2.05) is 13.8 Å². The van der Waals surface area contributed by atoms with E-state index in [-0.39, 0.29) is 12.4 Å². The molecule has 7 heteroatoms. The molecule has 0 unspecified atom stereocenters. The van der Waals surface area contributed by atoms with Crippen LogP contribution in [-0.2, 0) is 13.0 Å². The van der Waals surface area contributed by atoms with Gasteiger partial charge in [0.05, 0.1) is 12.1 Å². The third-order valence-corrected chi connectivity index (χ3v) is 3.21. The second kappa shape index (κ2) is 5.97. The number of halogens is 1. The third kappa shape index (κ3) is 2.98. The Morgan fingerprint density at radius 2 is 1.95 bits per heavy atom. The Labute approximate surface area is 125 Å². The normalized spacial score (nSPS) is 10.9. The number of nitrogens with zero attached hydrogens (tertiary/aromatic N) is 3. The number of rotatable bonds is 5. The van der Waals surface area contributed by atoms with Crippen molar-refractivity contribution in [1.82, 2.24) is 15.3 Å². The Balaban J connectivity index is 1.66. The molecule has 0 fully saturated rings. The van der Waals surface area contributed by atoms with E-state index in [0.29, 0.717) is 18.1 Å². The van der Waals surface area contributed by atoms with Crippen LogP contribution in [0.5, 0.6) is 5.75 Å². The molecule has 2 aromatic heterocycles. The van der Waals surface area contributed by atoms with E-state index in [2.05, 4.69) is 15.3 Å². The van der Waals surface area contributed by atoms with Crippen LogP contribution in [-0.4, -0.2) is 15.3 Å². The van der Waals surface area contributed by atoms with Crippen LogP contribution in [0.1, 0.15) is 28.7 Å². The number of ether oxygens (including phenoxy) is 1. The molecule has 0 N–H and O–H groups in total. The van der Waals surface area contributed by atoms with Crippen molar-refractivity contribution in [1.29, 1.82) is 0 Å². The first-order valence-electron chi connectivity index (χ1n) is 6.74. The molecule has 3 aromatic rings. The summed E-state index contributed by atoms with van der Waals surface area (Å²) in [6.07, 6.45) is 0.438. The van der Waals surface area contributed by atoms with Crippen LogP contribution in [0.2, 0.25) is 0 Å². The first kappa shape index (κ1) is 14.2. The lowest BCUT2D eigenvalue weighted by atomic mass is 10.1. The maximum absolute atomic E-state index is 13.4. The van der Waals surface area contributed by atoms with Crippen LogP contribution in [0.25, 0.3) is 0 Å². The SMILES string of the molecule is Cc1noc(C)c1Cc1nc(COc2ccccc2F)no1. The van der Waals surface area contributed by atoms with E-state index in [0.717, 1.165) is 17.0 Å². The quantitative estimate of drug-likeness (QED) is 0.721. The minimum absolute atomic E-state index is 0.0338. The first-order valence-corrected chi connectivity index (χ1v) is 6.74. The zero-order valence-electron chi connectivity index (χ0n) is 12.2. The smallest absolute Gasteiger partial charge is 0.231 e. The van der Waals surface area contributed by atoms with Crippen LogP contribution in [0.4, 0.5) is 4.39 Å². The number of hydrogen-bond acceptors (Lipinski definition) is 6. The van der Waals surface area contributed by atoms with Crippen molar-refractivity contribution in [2.45, 2.75) is 26.9 Å². The van der Waals surface area contributed by atoms with Crippen molar-refractivity contribution >= 4 is 0 Å². The van der Waals surface area contributed by atoms with Gasteiger partial charge in [-0.05, 0) is 26.0 Å². The molecule has 0 saturated heterocycles.